The van der Waals surface area contributed by atoms with Crippen LogP contribution in [0.3, 0.4) is 0 Å². The molecule has 18 heavy (non-hydrogen) atoms. The Balaban J connectivity index is 2.51. The number of rotatable bonds is 4. The van der Waals surface area contributed by atoms with E-state index in [1.165, 1.54) is 0 Å². The van der Waals surface area contributed by atoms with Crippen molar-refractivity contribution in [2.24, 2.45) is 0 Å². The van der Waals surface area contributed by atoms with Gasteiger partial charge in [-0.3, -0.25) is 4.79 Å². The highest BCUT2D eigenvalue weighted by molar-refractivity contribution is 7.80. The van der Waals surface area contributed by atoms with Gasteiger partial charge in [-0.25, -0.2) is 0 Å². The summed E-state index contributed by atoms with van der Waals surface area (Å²) in [6, 6.07) is 5.00. The van der Waals surface area contributed by atoms with E-state index in [0.29, 0.717) is 22.2 Å². The first-order valence-electron chi connectivity index (χ1n) is 5.58. The molecular weight excluding hydrogens is 291 g/mol. The molecule has 6 heteroatoms. The van der Waals surface area contributed by atoms with Crippen LogP contribution in [0.2, 0.25) is 10.0 Å². The predicted octanol–water partition coefficient (Wildman–Crippen LogP) is 4.00. The fourth-order valence-electron chi connectivity index (χ4n) is 1.27. The van der Waals surface area contributed by atoms with E-state index >= 15 is 0 Å². The molecule has 3 nitrogen and oxygen atoms in total. The Bertz CT molecular complexity index is 452. The van der Waals surface area contributed by atoms with Crippen molar-refractivity contribution < 1.29 is 4.79 Å². The van der Waals surface area contributed by atoms with Crippen LogP contribution in [0.5, 0.6) is 0 Å². The largest absolute Gasteiger partial charge is 0.331 e. The number of amides is 1. The van der Waals surface area contributed by atoms with E-state index in [9.17, 15) is 4.79 Å². The minimum absolute atomic E-state index is 0.0977. The standard InChI is InChI=1S/C12H14Cl2N2OS/c1-2-3-4-11(17)16-12(18)15-10-6-5-8(13)7-9(10)14/h5-7H,2-4H2,1H3,(H2,15,16,17,18). The molecule has 2 N–H and O–H groups in total. The number of carbonyl (C=O) groups is 1. The van der Waals surface area contributed by atoms with Crippen molar-refractivity contribution in [3.63, 3.8) is 0 Å². The van der Waals surface area contributed by atoms with Crippen molar-refractivity contribution in [2.75, 3.05) is 5.32 Å². The van der Waals surface area contributed by atoms with E-state index in [-0.39, 0.29) is 11.0 Å². The van der Waals surface area contributed by atoms with Crippen LogP contribution in [0.4, 0.5) is 5.69 Å². The Morgan fingerprint density at radius 2 is 2.11 bits per heavy atom. The second kappa shape index (κ2) is 7.56. The van der Waals surface area contributed by atoms with Crippen LogP contribution >= 0.6 is 35.4 Å². The van der Waals surface area contributed by atoms with E-state index < -0.39 is 0 Å². The van der Waals surface area contributed by atoms with Crippen molar-refractivity contribution in [1.82, 2.24) is 5.32 Å². The summed E-state index contributed by atoms with van der Waals surface area (Å²) in [5.74, 6) is -0.0977. The van der Waals surface area contributed by atoms with Gasteiger partial charge in [0.2, 0.25) is 5.91 Å². The molecule has 0 aliphatic carbocycles. The van der Waals surface area contributed by atoms with Gasteiger partial charge in [-0.2, -0.15) is 0 Å². The molecule has 1 amide bonds. The lowest BCUT2D eigenvalue weighted by molar-refractivity contribution is -0.119. The molecule has 0 radical (unpaired) electrons. The summed E-state index contributed by atoms with van der Waals surface area (Å²) >= 11 is 16.8. The molecular formula is C12H14Cl2N2OS. The zero-order valence-electron chi connectivity index (χ0n) is 9.93. The fourth-order valence-corrected chi connectivity index (χ4v) is 1.95. The Hall–Kier alpha value is -0.840. The molecule has 0 atom stereocenters. The van der Waals surface area contributed by atoms with Gasteiger partial charge >= 0.3 is 0 Å². The second-order valence-electron chi connectivity index (χ2n) is 3.73. The molecule has 0 bridgehead atoms. The van der Waals surface area contributed by atoms with Gasteiger partial charge in [-0.05, 0) is 36.8 Å². The van der Waals surface area contributed by atoms with E-state index in [1.54, 1.807) is 18.2 Å². The van der Waals surface area contributed by atoms with Crippen LogP contribution in [-0.4, -0.2) is 11.0 Å². The number of thiocarbonyl (C=S) groups is 1. The molecule has 0 heterocycles. The number of hydrogen-bond donors (Lipinski definition) is 2. The Kier molecular flexibility index (Phi) is 6.39. The molecule has 0 saturated carbocycles. The number of unbranched alkanes of at least 4 members (excludes halogenated alkanes) is 1. The first-order chi connectivity index (χ1) is 8.52. The summed E-state index contributed by atoms with van der Waals surface area (Å²) in [6.45, 7) is 2.03. The molecule has 0 aliphatic rings. The molecule has 0 spiro atoms. The molecule has 1 aromatic carbocycles. The van der Waals surface area contributed by atoms with Gasteiger partial charge in [-0.15, -0.1) is 0 Å². The number of nitrogens with one attached hydrogen (secondary N) is 2. The topological polar surface area (TPSA) is 41.1 Å². The van der Waals surface area contributed by atoms with Gasteiger partial charge in [0.15, 0.2) is 5.11 Å². The highest BCUT2D eigenvalue weighted by atomic mass is 35.5. The molecule has 0 saturated heterocycles. The van der Waals surface area contributed by atoms with Gasteiger partial charge in [0.1, 0.15) is 0 Å². The lowest BCUT2D eigenvalue weighted by Crippen LogP contribution is -2.33. The van der Waals surface area contributed by atoms with Crippen LogP contribution in [-0.2, 0) is 4.79 Å². The van der Waals surface area contributed by atoms with Gasteiger partial charge in [0.05, 0.1) is 10.7 Å². The van der Waals surface area contributed by atoms with Crippen LogP contribution < -0.4 is 10.6 Å². The predicted molar refractivity (Wildman–Crippen MR) is 80.4 cm³/mol. The number of carbonyl (C=O) groups excluding carboxylic acids is 1. The molecule has 0 fully saturated rings. The smallest absolute Gasteiger partial charge is 0.226 e. The molecule has 0 unspecified atom stereocenters. The molecule has 0 aromatic heterocycles. The lowest BCUT2D eigenvalue weighted by atomic mass is 10.2. The van der Waals surface area contributed by atoms with Crippen LogP contribution in [0.25, 0.3) is 0 Å². The summed E-state index contributed by atoms with van der Waals surface area (Å²) in [6.07, 6.45) is 2.28. The summed E-state index contributed by atoms with van der Waals surface area (Å²) < 4.78 is 0. The quantitative estimate of drug-likeness (QED) is 0.826. The highest BCUT2D eigenvalue weighted by Gasteiger charge is 2.06. The Labute approximate surface area is 122 Å². The van der Waals surface area contributed by atoms with Crippen molar-refractivity contribution in [3.05, 3.63) is 28.2 Å². The van der Waals surface area contributed by atoms with Crippen LogP contribution in [0.1, 0.15) is 26.2 Å². The van der Waals surface area contributed by atoms with Crippen molar-refractivity contribution in [2.45, 2.75) is 26.2 Å². The molecule has 0 aliphatic heterocycles. The zero-order chi connectivity index (χ0) is 13.5. The minimum Gasteiger partial charge on any atom is -0.331 e. The third-order valence-corrected chi connectivity index (χ3v) is 2.94. The van der Waals surface area contributed by atoms with Crippen molar-refractivity contribution in [3.8, 4) is 0 Å². The fraction of sp³-hybridized carbons (Fsp3) is 0.333. The third-order valence-electron chi connectivity index (χ3n) is 2.19. The van der Waals surface area contributed by atoms with E-state index in [4.69, 9.17) is 35.4 Å². The maximum atomic E-state index is 11.4. The lowest BCUT2D eigenvalue weighted by Gasteiger charge is -2.10. The van der Waals surface area contributed by atoms with Gasteiger partial charge in [-0.1, -0.05) is 36.5 Å². The molecule has 1 rings (SSSR count). The SMILES string of the molecule is CCCCC(=O)NC(=S)Nc1ccc(Cl)cc1Cl. The van der Waals surface area contributed by atoms with E-state index in [0.717, 1.165) is 12.8 Å². The van der Waals surface area contributed by atoms with E-state index in [2.05, 4.69) is 10.6 Å². The molecule has 1 aromatic rings. The monoisotopic (exact) mass is 304 g/mol. The second-order valence-corrected chi connectivity index (χ2v) is 4.98. The summed E-state index contributed by atoms with van der Waals surface area (Å²) in [7, 11) is 0. The first-order valence-corrected chi connectivity index (χ1v) is 6.75. The maximum absolute atomic E-state index is 11.4. The zero-order valence-corrected chi connectivity index (χ0v) is 12.3. The number of anilines is 1. The van der Waals surface area contributed by atoms with E-state index in [1.807, 2.05) is 6.92 Å². The summed E-state index contributed by atoms with van der Waals surface area (Å²) in [5.41, 5.74) is 0.613. The number of benzene rings is 1. The van der Waals surface area contributed by atoms with Gasteiger partial charge in [0, 0.05) is 11.4 Å². The van der Waals surface area contributed by atoms with Gasteiger partial charge in [0.25, 0.3) is 0 Å². The first kappa shape index (κ1) is 15.2. The normalized spacial score (nSPS) is 9.94. The van der Waals surface area contributed by atoms with Crippen LogP contribution in [0, 0.1) is 0 Å². The third kappa shape index (κ3) is 5.21. The van der Waals surface area contributed by atoms with Crippen molar-refractivity contribution in [1.29, 1.82) is 0 Å². The highest BCUT2D eigenvalue weighted by Crippen LogP contribution is 2.25. The molecule has 98 valence electrons. The van der Waals surface area contributed by atoms with Crippen molar-refractivity contribution >= 4 is 52.1 Å². The minimum atomic E-state index is -0.0977. The van der Waals surface area contributed by atoms with Gasteiger partial charge < -0.3 is 10.6 Å². The average Bonchev–Trinajstić information content (AvgIpc) is 2.30. The average molecular weight is 305 g/mol. The Morgan fingerprint density at radius 1 is 1.39 bits per heavy atom. The summed E-state index contributed by atoms with van der Waals surface area (Å²) in [4.78, 5) is 11.4. The Morgan fingerprint density at radius 3 is 2.72 bits per heavy atom. The van der Waals surface area contributed by atoms with Crippen LogP contribution in [0.15, 0.2) is 18.2 Å². The number of halogens is 2. The summed E-state index contributed by atoms with van der Waals surface area (Å²) in [5, 5.41) is 6.68. The number of hydrogen-bond acceptors (Lipinski definition) is 2. The maximum Gasteiger partial charge on any atom is 0.226 e.